The first-order valence-corrected chi connectivity index (χ1v) is 9.82. The Morgan fingerprint density at radius 2 is 1.77 bits per heavy atom. The van der Waals surface area contributed by atoms with Crippen LogP contribution in [0.2, 0.25) is 0 Å². The largest absolute Gasteiger partial charge is 0.458 e. The van der Waals surface area contributed by atoms with Crippen molar-refractivity contribution in [1.82, 2.24) is 0 Å². The molecule has 0 aromatic heterocycles. The Hall–Kier alpha value is -3.22. The molecule has 0 aromatic rings. The standard InChI is InChI=1S/C24H28O7/c1-9-13(5)22(27)29-18-16-15(7)23(28)30-19(16)20(31-21(26)12(3)4)24(8,10-2)17(18)14(6)11-25/h9-11,16-20H,2-3,6-7H2,1,4-5,8H3. The van der Waals surface area contributed by atoms with Gasteiger partial charge in [-0.2, -0.15) is 0 Å². The Labute approximate surface area is 182 Å². The molecule has 31 heavy (non-hydrogen) atoms. The van der Waals surface area contributed by atoms with Gasteiger partial charge in [-0.05, 0) is 26.3 Å². The highest BCUT2D eigenvalue weighted by Gasteiger charge is 2.65. The lowest BCUT2D eigenvalue weighted by Crippen LogP contribution is -2.61. The minimum Gasteiger partial charge on any atom is -0.458 e. The van der Waals surface area contributed by atoms with E-state index in [9.17, 15) is 19.2 Å². The van der Waals surface area contributed by atoms with Gasteiger partial charge in [0.1, 0.15) is 18.5 Å². The summed E-state index contributed by atoms with van der Waals surface area (Å²) in [5.74, 6) is -3.71. The SMILES string of the molecule is C=CC1(C)C(OC(=O)C(=C)C)C2OC(=O)C(=C)C2C(OC(=O)C(C)=CC)C1C(=C)C=O. The van der Waals surface area contributed by atoms with Gasteiger partial charge in [-0.25, -0.2) is 14.4 Å². The highest BCUT2D eigenvalue weighted by Crippen LogP contribution is 2.54. The molecule has 0 aromatic carbocycles. The van der Waals surface area contributed by atoms with E-state index in [1.165, 1.54) is 13.0 Å². The van der Waals surface area contributed by atoms with E-state index >= 15 is 0 Å². The second-order valence-electron chi connectivity index (χ2n) is 8.11. The fraction of sp³-hybridized carbons (Fsp3) is 0.417. The van der Waals surface area contributed by atoms with Gasteiger partial charge in [0.05, 0.1) is 5.92 Å². The monoisotopic (exact) mass is 428 g/mol. The summed E-state index contributed by atoms with van der Waals surface area (Å²) in [6.45, 7) is 21.5. The Kier molecular flexibility index (Phi) is 6.89. The summed E-state index contributed by atoms with van der Waals surface area (Å²) in [5.41, 5.74) is -0.509. The van der Waals surface area contributed by atoms with Crippen molar-refractivity contribution in [2.45, 2.75) is 46.0 Å². The molecule has 0 spiro atoms. The van der Waals surface area contributed by atoms with E-state index in [0.717, 1.165) is 0 Å². The average molecular weight is 428 g/mol. The summed E-state index contributed by atoms with van der Waals surface area (Å²) < 4.78 is 17.0. The quantitative estimate of drug-likeness (QED) is 0.202. The Balaban J connectivity index is 2.70. The number of fused-ring (bicyclic) bond motifs is 1. The maximum absolute atomic E-state index is 12.6. The summed E-state index contributed by atoms with van der Waals surface area (Å²) >= 11 is 0. The minimum atomic E-state index is -1.16. The molecule has 2 rings (SSSR count). The summed E-state index contributed by atoms with van der Waals surface area (Å²) in [6.07, 6.45) is 0.576. The first-order chi connectivity index (χ1) is 14.4. The third-order valence-electron chi connectivity index (χ3n) is 6.10. The topological polar surface area (TPSA) is 96.0 Å². The number of allylic oxidation sites excluding steroid dienone is 1. The molecule has 2 aliphatic rings. The maximum Gasteiger partial charge on any atom is 0.334 e. The normalized spacial score (nSPS) is 32.4. The smallest absolute Gasteiger partial charge is 0.334 e. The van der Waals surface area contributed by atoms with Crippen LogP contribution in [0.25, 0.3) is 0 Å². The predicted molar refractivity (Wildman–Crippen MR) is 114 cm³/mol. The van der Waals surface area contributed by atoms with Crippen LogP contribution in [0.5, 0.6) is 0 Å². The summed E-state index contributed by atoms with van der Waals surface area (Å²) in [4.78, 5) is 49.2. The summed E-state index contributed by atoms with van der Waals surface area (Å²) in [6, 6.07) is 0. The molecule has 1 saturated heterocycles. The molecule has 6 unspecified atom stereocenters. The molecule has 7 heteroatoms. The predicted octanol–water partition coefficient (Wildman–Crippen LogP) is 3.03. The molecule has 1 heterocycles. The number of hydrogen-bond acceptors (Lipinski definition) is 7. The first-order valence-electron chi connectivity index (χ1n) is 9.82. The summed E-state index contributed by atoms with van der Waals surface area (Å²) in [5, 5.41) is 0. The van der Waals surface area contributed by atoms with Gasteiger partial charge in [0, 0.05) is 28.1 Å². The molecule has 0 N–H and O–H groups in total. The molecule has 1 aliphatic carbocycles. The molecule has 0 amide bonds. The number of rotatable bonds is 7. The minimum absolute atomic E-state index is 0.0621. The molecule has 1 aliphatic heterocycles. The van der Waals surface area contributed by atoms with Crippen LogP contribution in [-0.2, 0) is 33.4 Å². The van der Waals surface area contributed by atoms with Crippen molar-refractivity contribution in [3.05, 3.63) is 60.8 Å². The zero-order chi connectivity index (χ0) is 23.7. The highest BCUT2D eigenvalue weighted by atomic mass is 16.6. The number of carbonyl (C=O) groups excluding carboxylic acids is 4. The Morgan fingerprint density at radius 1 is 1.16 bits per heavy atom. The second-order valence-corrected chi connectivity index (χ2v) is 8.11. The van der Waals surface area contributed by atoms with Gasteiger partial charge in [-0.15, -0.1) is 6.58 Å². The average Bonchev–Trinajstić information content (AvgIpc) is 3.03. The van der Waals surface area contributed by atoms with Crippen molar-refractivity contribution in [2.24, 2.45) is 17.3 Å². The van der Waals surface area contributed by atoms with E-state index in [-0.39, 0.29) is 16.7 Å². The molecule has 166 valence electrons. The zero-order valence-corrected chi connectivity index (χ0v) is 18.3. The lowest BCUT2D eigenvalue weighted by atomic mass is 9.57. The second kappa shape index (κ2) is 8.88. The highest BCUT2D eigenvalue weighted by molar-refractivity contribution is 5.92. The fourth-order valence-electron chi connectivity index (χ4n) is 4.15. The van der Waals surface area contributed by atoms with Crippen LogP contribution in [-0.4, -0.2) is 42.5 Å². The van der Waals surface area contributed by atoms with Gasteiger partial charge >= 0.3 is 17.9 Å². The van der Waals surface area contributed by atoms with E-state index in [1.54, 1.807) is 26.8 Å². The molecule has 6 atom stereocenters. The lowest BCUT2D eigenvalue weighted by Gasteiger charge is -2.52. The van der Waals surface area contributed by atoms with E-state index in [0.29, 0.717) is 11.9 Å². The zero-order valence-electron chi connectivity index (χ0n) is 18.3. The number of hydrogen-bond donors (Lipinski definition) is 0. The van der Waals surface area contributed by atoms with Crippen molar-refractivity contribution < 1.29 is 33.4 Å². The molecule has 0 radical (unpaired) electrons. The van der Waals surface area contributed by atoms with Gasteiger partial charge in [0.15, 0.2) is 6.10 Å². The van der Waals surface area contributed by atoms with Gasteiger partial charge < -0.3 is 14.2 Å². The maximum atomic E-state index is 12.6. The van der Waals surface area contributed by atoms with Crippen molar-refractivity contribution in [1.29, 1.82) is 0 Å². The third kappa shape index (κ3) is 4.04. The molecular weight excluding hydrogens is 400 g/mol. The third-order valence-corrected chi connectivity index (χ3v) is 6.10. The Morgan fingerprint density at radius 3 is 2.26 bits per heavy atom. The fourth-order valence-corrected chi connectivity index (χ4v) is 4.15. The van der Waals surface area contributed by atoms with E-state index in [1.807, 2.05) is 0 Å². The Bertz CT molecular complexity index is 909. The van der Waals surface area contributed by atoms with Crippen LogP contribution >= 0.6 is 0 Å². The van der Waals surface area contributed by atoms with Crippen molar-refractivity contribution >= 4 is 24.2 Å². The molecule has 1 saturated carbocycles. The van der Waals surface area contributed by atoms with Gasteiger partial charge in [-0.3, -0.25) is 4.79 Å². The lowest BCUT2D eigenvalue weighted by molar-refractivity contribution is -0.197. The molecule has 0 bridgehead atoms. The van der Waals surface area contributed by atoms with Crippen molar-refractivity contribution in [2.75, 3.05) is 0 Å². The van der Waals surface area contributed by atoms with Gasteiger partial charge in [-0.1, -0.05) is 38.8 Å². The van der Waals surface area contributed by atoms with Crippen LogP contribution in [0.1, 0.15) is 27.7 Å². The van der Waals surface area contributed by atoms with E-state index in [4.69, 9.17) is 14.2 Å². The van der Waals surface area contributed by atoms with E-state index < -0.39 is 53.5 Å². The molecule has 7 nitrogen and oxygen atoms in total. The van der Waals surface area contributed by atoms with Crippen LogP contribution in [0.3, 0.4) is 0 Å². The van der Waals surface area contributed by atoms with E-state index in [2.05, 4.69) is 26.3 Å². The first kappa shape index (κ1) is 24.1. The van der Waals surface area contributed by atoms with Crippen LogP contribution in [0.4, 0.5) is 0 Å². The van der Waals surface area contributed by atoms with Crippen molar-refractivity contribution in [3.8, 4) is 0 Å². The molecule has 2 fully saturated rings. The molecular formula is C24H28O7. The van der Waals surface area contributed by atoms with Crippen LogP contribution in [0, 0.1) is 17.3 Å². The van der Waals surface area contributed by atoms with Crippen LogP contribution in [0.15, 0.2) is 60.8 Å². The number of carbonyl (C=O) groups is 4. The van der Waals surface area contributed by atoms with Gasteiger partial charge in [0.25, 0.3) is 0 Å². The van der Waals surface area contributed by atoms with Gasteiger partial charge in [0.2, 0.25) is 0 Å². The number of esters is 3. The van der Waals surface area contributed by atoms with Crippen molar-refractivity contribution in [3.63, 3.8) is 0 Å². The number of ether oxygens (including phenoxy) is 3. The van der Waals surface area contributed by atoms with Crippen LogP contribution < -0.4 is 0 Å². The number of aldehydes is 1. The summed E-state index contributed by atoms with van der Waals surface area (Å²) in [7, 11) is 0.